The van der Waals surface area contributed by atoms with Gasteiger partial charge >= 0.3 is 0 Å². The van der Waals surface area contributed by atoms with Gasteiger partial charge in [-0.25, -0.2) is 9.97 Å². The van der Waals surface area contributed by atoms with Crippen molar-refractivity contribution in [1.82, 2.24) is 9.97 Å². The molecule has 0 unspecified atom stereocenters. The Kier molecular flexibility index (Phi) is 5.08. The number of ether oxygens (including phenoxy) is 2. The summed E-state index contributed by atoms with van der Waals surface area (Å²) in [7, 11) is 1.66. The molecule has 0 saturated carbocycles. The van der Waals surface area contributed by atoms with Gasteiger partial charge in [0.2, 0.25) is 0 Å². The SMILES string of the molecule is COCCOc1ccc2nc(-c3ccccc3)c(-c3ccccc3)nc2c1. The van der Waals surface area contributed by atoms with E-state index in [1.165, 1.54) is 0 Å². The lowest BCUT2D eigenvalue weighted by Crippen LogP contribution is -2.04. The molecule has 0 spiro atoms. The van der Waals surface area contributed by atoms with Gasteiger partial charge in [0.1, 0.15) is 12.4 Å². The first-order valence-corrected chi connectivity index (χ1v) is 8.89. The molecule has 0 N–H and O–H groups in total. The summed E-state index contributed by atoms with van der Waals surface area (Å²) in [6.07, 6.45) is 0. The predicted octanol–water partition coefficient (Wildman–Crippen LogP) is 4.99. The van der Waals surface area contributed by atoms with Crippen LogP contribution >= 0.6 is 0 Å². The van der Waals surface area contributed by atoms with Gasteiger partial charge in [0.05, 0.1) is 29.0 Å². The summed E-state index contributed by atoms with van der Waals surface area (Å²) in [6.45, 7) is 1.05. The van der Waals surface area contributed by atoms with Crippen molar-refractivity contribution in [3.63, 3.8) is 0 Å². The van der Waals surface area contributed by atoms with E-state index >= 15 is 0 Å². The molecule has 1 heterocycles. The van der Waals surface area contributed by atoms with Crippen LogP contribution in [0.1, 0.15) is 0 Å². The Labute approximate surface area is 158 Å². The van der Waals surface area contributed by atoms with Crippen molar-refractivity contribution in [2.45, 2.75) is 0 Å². The molecule has 27 heavy (non-hydrogen) atoms. The van der Waals surface area contributed by atoms with Gasteiger partial charge in [0.15, 0.2) is 0 Å². The first kappa shape index (κ1) is 17.2. The van der Waals surface area contributed by atoms with Gasteiger partial charge in [-0.05, 0) is 12.1 Å². The fourth-order valence-electron chi connectivity index (χ4n) is 2.96. The van der Waals surface area contributed by atoms with E-state index in [1.807, 2.05) is 54.6 Å². The summed E-state index contributed by atoms with van der Waals surface area (Å²) in [5, 5.41) is 0. The van der Waals surface area contributed by atoms with Crippen LogP contribution in [0.4, 0.5) is 0 Å². The van der Waals surface area contributed by atoms with Crippen molar-refractivity contribution < 1.29 is 9.47 Å². The van der Waals surface area contributed by atoms with Gasteiger partial charge in [-0.2, -0.15) is 0 Å². The fourth-order valence-corrected chi connectivity index (χ4v) is 2.96. The molecule has 4 nitrogen and oxygen atoms in total. The molecular weight excluding hydrogens is 336 g/mol. The quantitative estimate of drug-likeness (QED) is 0.457. The number of methoxy groups -OCH3 is 1. The normalized spacial score (nSPS) is 10.9. The van der Waals surface area contributed by atoms with Crippen molar-refractivity contribution in [2.75, 3.05) is 20.3 Å². The van der Waals surface area contributed by atoms with E-state index in [0.29, 0.717) is 13.2 Å². The second-order valence-electron chi connectivity index (χ2n) is 6.14. The molecule has 134 valence electrons. The minimum Gasteiger partial charge on any atom is -0.491 e. The van der Waals surface area contributed by atoms with Crippen LogP contribution in [0.25, 0.3) is 33.5 Å². The third kappa shape index (κ3) is 3.81. The fraction of sp³-hybridized carbons (Fsp3) is 0.130. The molecule has 4 aromatic rings. The topological polar surface area (TPSA) is 44.2 Å². The maximum absolute atomic E-state index is 5.72. The average Bonchev–Trinajstić information content (AvgIpc) is 2.74. The highest BCUT2D eigenvalue weighted by atomic mass is 16.5. The lowest BCUT2D eigenvalue weighted by molar-refractivity contribution is 0.146. The molecule has 0 aliphatic carbocycles. The zero-order chi connectivity index (χ0) is 18.5. The van der Waals surface area contributed by atoms with Crippen molar-refractivity contribution in [2.24, 2.45) is 0 Å². The minimum atomic E-state index is 0.503. The highest BCUT2D eigenvalue weighted by molar-refractivity contribution is 5.86. The Balaban J connectivity index is 1.84. The number of fused-ring (bicyclic) bond motifs is 1. The van der Waals surface area contributed by atoms with Gasteiger partial charge in [-0.15, -0.1) is 0 Å². The molecule has 0 amide bonds. The average molecular weight is 356 g/mol. The van der Waals surface area contributed by atoms with Crippen molar-refractivity contribution in [3.8, 4) is 28.3 Å². The molecular formula is C23H20N2O2. The molecule has 3 aromatic carbocycles. The van der Waals surface area contributed by atoms with E-state index in [4.69, 9.17) is 19.4 Å². The van der Waals surface area contributed by atoms with Gasteiger partial charge in [-0.3, -0.25) is 0 Å². The molecule has 0 radical (unpaired) electrons. The lowest BCUT2D eigenvalue weighted by Gasteiger charge is -2.12. The van der Waals surface area contributed by atoms with Crippen LogP contribution in [0.3, 0.4) is 0 Å². The van der Waals surface area contributed by atoms with Crippen LogP contribution in [0.5, 0.6) is 5.75 Å². The Morgan fingerprint density at radius 1 is 0.667 bits per heavy atom. The number of rotatable bonds is 6. The van der Waals surface area contributed by atoms with E-state index in [-0.39, 0.29) is 0 Å². The molecule has 0 saturated heterocycles. The molecule has 1 aromatic heterocycles. The van der Waals surface area contributed by atoms with E-state index in [2.05, 4.69) is 24.3 Å². The molecule has 0 aliphatic heterocycles. The highest BCUT2D eigenvalue weighted by Gasteiger charge is 2.13. The van der Waals surface area contributed by atoms with Gasteiger partial charge in [0.25, 0.3) is 0 Å². The van der Waals surface area contributed by atoms with Gasteiger partial charge < -0.3 is 9.47 Å². The van der Waals surface area contributed by atoms with Crippen molar-refractivity contribution in [1.29, 1.82) is 0 Å². The summed E-state index contributed by atoms with van der Waals surface area (Å²) in [6, 6.07) is 26.1. The van der Waals surface area contributed by atoms with Gasteiger partial charge in [-0.1, -0.05) is 60.7 Å². The van der Waals surface area contributed by atoms with Crippen molar-refractivity contribution >= 4 is 11.0 Å². The number of nitrogens with zero attached hydrogens (tertiary/aromatic N) is 2. The molecule has 0 atom stereocenters. The minimum absolute atomic E-state index is 0.503. The van der Waals surface area contributed by atoms with Crippen LogP contribution < -0.4 is 4.74 Å². The summed E-state index contributed by atoms with van der Waals surface area (Å²) < 4.78 is 10.8. The Hall–Kier alpha value is -3.24. The standard InChI is InChI=1S/C23H20N2O2/c1-26-14-15-27-19-12-13-20-21(16-19)25-23(18-10-6-3-7-11-18)22(24-20)17-8-4-2-5-9-17/h2-13,16H,14-15H2,1H3. The zero-order valence-corrected chi connectivity index (χ0v) is 15.1. The summed E-state index contributed by atoms with van der Waals surface area (Å²) >= 11 is 0. The first-order chi connectivity index (χ1) is 13.3. The van der Waals surface area contributed by atoms with Crippen LogP contribution in [-0.4, -0.2) is 30.3 Å². The smallest absolute Gasteiger partial charge is 0.121 e. The monoisotopic (exact) mass is 356 g/mol. The number of benzene rings is 3. The van der Waals surface area contributed by atoms with E-state index in [0.717, 1.165) is 39.3 Å². The lowest BCUT2D eigenvalue weighted by atomic mass is 10.0. The second kappa shape index (κ2) is 7.98. The Bertz CT molecular complexity index is 1030. The van der Waals surface area contributed by atoms with Crippen LogP contribution in [0.2, 0.25) is 0 Å². The maximum Gasteiger partial charge on any atom is 0.121 e. The summed E-state index contributed by atoms with van der Waals surface area (Å²) in [5.41, 5.74) is 5.48. The Morgan fingerprint density at radius 3 is 1.85 bits per heavy atom. The van der Waals surface area contributed by atoms with Crippen LogP contribution in [0, 0.1) is 0 Å². The predicted molar refractivity (Wildman–Crippen MR) is 108 cm³/mol. The van der Waals surface area contributed by atoms with Gasteiger partial charge in [0, 0.05) is 24.3 Å². The number of aromatic nitrogens is 2. The molecule has 4 heteroatoms. The van der Waals surface area contributed by atoms with E-state index in [9.17, 15) is 0 Å². The number of hydrogen-bond acceptors (Lipinski definition) is 4. The largest absolute Gasteiger partial charge is 0.491 e. The Morgan fingerprint density at radius 2 is 1.26 bits per heavy atom. The molecule has 0 aliphatic rings. The van der Waals surface area contributed by atoms with E-state index < -0.39 is 0 Å². The molecule has 0 bridgehead atoms. The molecule has 0 fully saturated rings. The van der Waals surface area contributed by atoms with Crippen LogP contribution in [0.15, 0.2) is 78.9 Å². The summed E-state index contributed by atoms with van der Waals surface area (Å²) in [4.78, 5) is 9.85. The zero-order valence-electron chi connectivity index (χ0n) is 15.1. The third-order valence-electron chi connectivity index (χ3n) is 4.29. The molecule has 4 rings (SSSR count). The summed E-state index contributed by atoms with van der Waals surface area (Å²) in [5.74, 6) is 0.764. The van der Waals surface area contributed by atoms with E-state index in [1.54, 1.807) is 7.11 Å². The third-order valence-corrected chi connectivity index (χ3v) is 4.29. The maximum atomic E-state index is 5.72. The highest BCUT2D eigenvalue weighted by Crippen LogP contribution is 2.31. The second-order valence-corrected chi connectivity index (χ2v) is 6.14. The first-order valence-electron chi connectivity index (χ1n) is 8.89. The number of hydrogen-bond donors (Lipinski definition) is 0. The van der Waals surface area contributed by atoms with Crippen LogP contribution in [-0.2, 0) is 4.74 Å². The van der Waals surface area contributed by atoms with Crippen molar-refractivity contribution in [3.05, 3.63) is 78.9 Å².